The Balaban J connectivity index is 1.73. The SMILES string of the molecule is Cc1cc(C)c(C)c(S(=O)(=O)N2CCC(C(=O)N(C)C(C)c3ccccc3)CC2)c1C. The zero-order valence-corrected chi connectivity index (χ0v) is 20.3. The number of rotatable bonds is 5. The summed E-state index contributed by atoms with van der Waals surface area (Å²) in [6, 6.07) is 12.0. The summed E-state index contributed by atoms with van der Waals surface area (Å²) in [7, 11) is -1.75. The highest BCUT2D eigenvalue weighted by atomic mass is 32.2. The van der Waals surface area contributed by atoms with Gasteiger partial charge in [-0.15, -0.1) is 0 Å². The van der Waals surface area contributed by atoms with Crippen LogP contribution in [0.4, 0.5) is 0 Å². The number of hydrogen-bond donors (Lipinski definition) is 0. The first-order valence-corrected chi connectivity index (χ1v) is 12.4. The molecule has 6 heteroatoms. The minimum absolute atomic E-state index is 0.0176. The topological polar surface area (TPSA) is 57.7 Å². The maximum atomic E-state index is 13.5. The van der Waals surface area contributed by atoms with Crippen LogP contribution < -0.4 is 0 Å². The van der Waals surface area contributed by atoms with Crippen LogP contribution in [0.25, 0.3) is 0 Å². The maximum Gasteiger partial charge on any atom is 0.243 e. The fraction of sp³-hybridized carbons (Fsp3) is 0.480. The predicted octanol–water partition coefficient (Wildman–Crippen LogP) is 4.54. The minimum Gasteiger partial charge on any atom is -0.339 e. The molecule has 5 nitrogen and oxygen atoms in total. The van der Waals surface area contributed by atoms with Crippen LogP contribution in [0.2, 0.25) is 0 Å². The Hall–Kier alpha value is -2.18. The van der Waals surface area contributed by atoms with Gasteiger partial charge in [-0.05, 0) is 75.3 Å². The molecular formula is C25H34N2O3S. The van der Waals surface area contributed by atoms with Crippen molar-refractivity contribution in [2.45, 2.75) is 58.4 Å². The van der Waals surface area contributed by atoms with Crippen molar-refractivity contribution in [1.82, 2.24) is 9.21 Å². The van der Waals surface area contributed by atoms with E-state index in [0.717, 1.165) is 27.8 Å². The van der Waals surface area contributed by atoms with Crippen molar-refractivity contribution in [2.75, 3.05) is 20.1 Å². The number of aryl methyl sites for hydroxylation is 2. The Kier molecular flexibility index (Phi) is 6.92. The number of hydrogen-bond acceptors (Lipinski definition) is 3. The van der Waals surface area contributed by atoms with Gasteiger partial charge in [-0.2, -0.15) is 4.31 Å². The molecule has 1 aliphatic heterocycles. The monoisotopic (exact) mass is 442 g/mol. The van der Waals surface area contributed by atoms with E-state index in [1.54, 1.807) is 9.21 Å². The first-order chi connectivity index (χ1) is 14.6. The Morgan fingerprint density at radius 1 is 1.00 bits per heavy atom. The maximum absolute atomic E-state index is 13.5. The van der Waals surface area contributed by atoms with Crippen LogP contribution >= 0.6 is 0 Å². The van der Waals surface area contributed by atoms with Gasteiger partial charge in [-0.3, -0.25) is 4.79 Å². The van der Waals surface area contributed by atoms with Gasteiger partial charge in [0, 0.05) is 26.1 Å². The number of benzene rings is 2. The molecule has 168 valence electrons. The first kappa shape index (κ1) is 23.5. The van der Waals surface area contributed by atoms with Crippen LogP contribution in [0.15, 0.2) is 41.3 Å². The van der Waals surface area contributed by atoms with Crippen molar-refractivity contribution in [1.29, 1.82) is 0 Å². The van der Waals surface area contributed by atoms with Crippen LogP contribution in [0, 0.1) is 33.6 Å². The summed E-state index contributed by atoms with van der Waals surface area (Å²) in [5, 5.41) is 0. The number of carbonyl (C=O) groups excluding carboxylic acids is 1. The molecule has 0 spiro atoms. The fourth-order valence-electron chi connectivity index (χ4n) is 4.47. The highest BCUT2D eigenvalue weighted by Crippen LogP contribution is 2.32. The number of piperidine rings is 1. The summed E-state index contributed by atoms with van der Waals surface area (Å²) < 4.78 is 28.5. The molecule has 1 fully saturated rings. The van der Waals surface area contributed by atoms with Gasteiger partial charge in [0.25, 0.3) is 0 Å². The van der Waals surface area contributed by atoms with E-state index < -0.39 is 10.0 Å². The van der Waals surface area contributed by atoms with E-state index in [9.17, 15) is 13.2 Å². The Morgan fingerprint density at radius 2 is 1.52 bits per heavy atom. The quantitative estimate of drug-likeness (QED) is 0.683. The van der Waals surface area contributed by atoms with Gasteiger partial charge in [0.1, 0.15) is 0 Å². The molecule has 0 aromatic heterocycles. The summed E-state index contributed by atoms with van der Waals surface area (Å²) >= 11 is 0. The van der Waals surface area contributed by atoms with Crippen LogP contribution in [0.5, 0.6) is 0 Å². The third kappa shape index (κ3) is 4.55. The van der Waals surface area contributed by atoms with E-state index in [2.05, 4.69) is 0 Å². The molecule has 0 saturated carbocycles. The molecule has 0 aliphatic carbocycles. The minimum atomic E-state index is -3.59. The Bertz CT molecular complexity index is 1030. The summed E-state index contributed by atoms with van der Waals surface area (Å²) in [6.45, 7) is 10.4. The van der Waals surface area contributed by atoms with Crippen LogP contribution in [-0.2, 0) is 14.8 Å². The van der Waals surface area contributed by atoms with E-state index in [-0.39, 0.29) is 17.9 Å². The van der Waals surface area contributed by atoms with E-state index in [0.29, 0.717) is 30.8 Å². The molecule has 1 unspecified atom stereocenters. The van der Waals surface area contributed by atoms with Crippen molar-refractivity contribution in [2.24, 2.45) is 5.92 Å². The van der Waals surface area contributed by atoms with Crippen LogP contribution in [-0.4, -0.2) is 43.7 Å². The second-order valence-electron chi connectivity index (χ2n) is 8.80. The average molecular weight is 443 g/mol. The lowest BCUT2D eigenvalue weighted by atomic mass is 9.95. The summed E-state index contributed by atoms with van der Waals surface area (Å²) in [6.07, 6.45) is 1.10. The lowest BCUT2D eigenvalue weighted by Crippen LogP contribution is -2.44. The van der Waals surface area contributed by atoms with E-state index in [1.807, 2.05) is 78.1 Å². The average Bonchev–Trinajstić information content (AvgIpc) is 2.77. The smallest absolute Gasteiger partial charge is 0.243 e. The molecule has 1 heterocycles. The zero-order valence-electron chi connectivity index (χ0n) is 19.5. The summed E-state index contributed by atoms with van der Waals surface area (Å²) in [5.74, 6) is -0.0591. The van der Waals surface area contributed by atoms with E-state index >= 15 is 0 Å². The second kappa shape index (κ2) is 9.13. The molecular weight excluding hydrogens is 408 g/mol. The van der Waals surface area contributed by atoms with Gasteiger partial charge in [-0.1, -0.05) is 36.4 Å². The van der Waals surface area contributed by atoms with Crippen molar-refractivity contribution < 1.29 is 13.2 Å². The molecule has 0 bridgehead atoms. The summed E-state index contributed by atoms with van der Waals surface area (Å²) in [4.78, 5) is 15.3. The normalized spacial score (nSPS) is 16.8. The molecule has 0 radical (unpaired) electrons. The van der Waals surface area contributed by atoms with Gasteiger partial charge in [-0.25, -0.2) is 8.42 Å². The molecule has 0 N–H and O–H groups in total. The molecule has 1 saturated heterocycles. The molecule has 2 aromatic rings. The number of amides is 1. The summed E-state index contributed by atoms with van der Waals surface area (Å²) in [5.41, 5.74) is 4.71. The van der Waals surface area contributed by atoms with E-state index in [1.165, 1.54) is 0 Å². The van der Waals surface area contributed by atoms with Crippen molar-refractivity contribution >= 4 is 15.9 Å². The van der Waals surface area contributed by atoms with Crippen LogP contribution in [0.1, 0.15) is 53.6 Å². The largest absolute Gasteiger partial charge is 0.339 e. The lowest BCUT2D eigenvalue weighted by molar-refractivity contribution is -0.137. The van der Waals surface area contributed by atoms with Gasteiger partial charge >= 0.3 is 0 Å². The molecule has 2 aromatic carbocycles. The fourth-order valence-corrected chi connectivity index (χ4v) is 6.52. The Labute approximate surface area is 187 Å². The second-order valence-corrected chi connectivity index (χ2v) is 10.7. The van der Waals surface area contributed by atoms with Gasteiger partial charge in [0.2, 0.25) is 15.9 Å². The van der Waals surface area contributed by atoms with Gasteiger partial charge < -0.3 is 4.90 Å². The molecule has 31 heavy (non-hydrogen) atoms. The first-order valence-electron chi connectivity index (χ1n) is 10.9. The molecule has 1 aliphatic rings. The molecule has 1 amide bonds. The number of carbonyl (C=O) groups is 1. The van der Waals surface area contributed by atoms with E-state index in [4.69, 9.17) is 0 Å². The lowest BCUT2D eigenvalue weighted by Gasteiger charge is -2.35. The zero-order chi connectivity index (χ0) is 22.9. The molecule has 3 rings (SSSR count). The van der Waals surface area contributed by atoms with Gasteiger partial charge in [0.15, 0.2) is 0 Å². The van der Waals surface area contributed by atoms with Crippen molar-refractivity contribution in [3.63, 3.8) is 0 Å². The van der Waals surface area contributed by atoms with Crippen molar-refractivity contribution in [3.8, 4) is 0 Å². The standard InChI is InChI=1S/C25H34N2O3S/c1-17-16-18(2)20(4)24(19(17)3)31(29,30)27-14-12-23(13-15-27)25(28)26(6)21(5)22-10-8-7-9-11-22/h7-11,16,21,23H,12-15H2,1-6H3. The number of nitrogens with zero attached hydrogens (tertiary/aromatic N) is 2. The van der Waals surface area contributed by atoms with Crippen LogP contribution in [0.3, 0.4) is 0 Å². The van der Waals surface area contributed by atoms with Gasteiger partial charge in [0.05, 0.1) is 10.9 Å². The third-order valence-corrected chi connectivity index (χ3v) is 9.08. The molecule has 1 atom stereocenters. The predicted molar refractivity (Wildman–Crippen MR) is 124 cm³/mol. The highest BCUT2D eigenvalue weighted by molar-refractivity contribution is 7.89. The highest BCUT2D eigenvalue weighted by Gasteiger charge is 2.35. The third-order valence-electron chi connectivity index (χ3n) is 6.91. The number of sulfonamides is 1. The van der Waals surface area contributed by atoms with Crippen molar-refractivity contribution in [3.05, 3.63) is 64.2 Å². The Morgan fingerprint density at radius 3 is 2.03 bits per heavy atom.